The minimum atomic E-state index is -0.326. The summed E-state index contributed by atoms with van der Waals surface area (Å²) < 4.78 is 3.14. The van der Waals surface area contributed by atoms with Crippen molar-refractivity contribution in [3.8, 4) is 11.3 Å². The number of nitrogens with one attached hydrogen (secondary N) is 1. The average Bonchev–Trinajstić information content (AvgIpc) is 3.16. The SMILES string of the molecule is CCSc1nn(CC(=O)Nc2cccc(C)c2)c2nc3c(c(=O)n12)[C@@](C)(CC)Cc1ccccc1-3. The molecule has 1 aliphatic rings. The van der Waals surface area contributed by atoms with Crippen molar-refractivity contribution < 1.29 is 4.79 Å². The third-order valence-electron chi connectivity index (χ3n) is 6.80. The van der Waals surface area contributed by atoms with Crippen LogP contribution in [0, 0.1) is 6.92 Å². The average molecular weight is 488 g/mol. The molecule has 180 valence electrons. The lowest BCUT2D eigenvalue weighted by atomic mass is 9.69. The van der Waals surface area contributed by atoms with Crippen LogP contribution in [0.5, 0.6) is 0 Å². The molecule has 0 bridgehead atoms. The fourth-order valence-corrected chi connectivity index (χ4v) is 5.60. The van der Waals surface area contributed by atoms with Gasteiger partial charge in [-0.3, -0.25) is 9.59 Å². The van der Waals surface area contributed by atoms with Gasteiger partial charge in [0.05, 0.1) is 11.3 Å². The number of benzene rings is 2. The number of thioether (sulfide) groups is 1. The van der Waals surface area contributed by atoms with Crippen LogP contribution in [0.1, 0.15) is 43.9 Å². The summed E-state index contributed by atoms with van der Waals surface area (Å²) >= 11 is 1.48. The van der Waals surface area contributed by atoms with Gasteiger partial charge in [0, 0.05) is 16.7 Å². The maximum atomic E-state index is 14.0. The predicted molar refractivity (Wildman–Crippen MR) is 140 cm³/mol. The largest absolute Gasteiger partial charge is 0.324 e. The van der Waals surface area contributed by atoms with E-state index in [1.807, 2.05) is 56.3 Å². The number of aromatic nitrogens is 4. The molecule has 2 heterocycles. The van der Waals surface area contributed by atoms with Crippen LogP contribution in [-0.2, 0) is 23.2 Å². The van der Waals surface area contributed by atoms with E-state index in [0.717, 1.165) is 41.0 Å². The molecule has 35 heavy (non-hydrogen) atoms. The topological polar surface area (TPSA) is 81.3 Å². The van der Waals surface area contributed by atoms with Crippen molar-refractivity contribution in [2.24, 2.45) is 0 Å². The Morgan fingerprint density at radius 3 is 2.71 bits per heavy atom. The third kappa shape index (κ3) is 4.05. The lowest BCUT2D eigenvalue weighted by molar-refractivity contribution is -0.116. The number of carbonyl (C=O) groups is 1. The molecule has 0 aliphatic heterocycles. The number of hydrogen-bond acceptors (Lipinski definition) is 5. The molecule has 1 amide bonds. The molecule has 1 N–H and O–H groups in total. The summed E-state index contributed by atoms with van der Waals surface area (Å²) in [7, 11) is 0. The van der Waals surface area contributed by atoms with Crippen molar-refractivity contribution in [1.29, 1.82) is 0 Å². The van der Waals surface area contributed by atoms with Crippen LogP contribution >= 0.6 is 11.8 Å². The molecule has 8 heteroatoms. The van der Waals surface area contributed by atoms with Crippen LogP contribution < -0.4 is 10.9 Å². The van der Waals surface area contributed by atoms with Crippen LogP contribution in [0.4, 0.5) is 5.69 Å². The number of fused-ring (bicyclic) bond motifs is 4. The van der Waals surface area contributed by atoms with E-state index in [1.165, 1.54) is 17.3 Å². The Bertz CT molecular complexity index is 1510. The molecule has 1 aliphatic carbocycles. The zero-order chi connectivity index (χ0) is 24.7. The van der Waals surface area contributed by atoms with Crippen LogP contribution in [0.3, 0.4) is 0 Å². The van der Waals surface area contributed by atoms with Gasteiger partial charge in [-0.05, 0) is 48.8 Å². The monoisotopic (exact) mass is 487 g/mol. The van der Waals surface area contributed by atoms with Crippen molar-refractivity contribution in [1.82, 2.24) is 19.2 Å². The maximum Gasteiger partial charge on any atom is 0.265 e. The van der Waals surface area contributed by atoms with Crippen molar-refractivity contribution >= 4 is 29.1 Å². The molecule has 7 nitrogen and oxygen atoms in total. The first-order chi connectivity index (χ1) is 16.8. The highest BCUT2D eigenvalue weighted by Crippen LogP contribution is 2.42. The third-order valence-corrected chi connectivity index (χ3v) is 7.61. The van der Waals surface area contributed by atoms with E-state index in [-0.39, 0.29) is 23.4 Å². The van der Waals surface area contributed by atoms with E-state index in [9.17, 15) is 9.59 Å². The number of nitrogens with zero attached hydrogens (tertiary/aromatic N) is 4. The van der Waals surface area contributed by atoms with Crippen molar-refractivity contribution in [2.75, 3.05) is 11.1 Å². The molecule has 2 aromatic carbocycles. The Morgan fingerprint density at radius 2 is 1.97 bits per heavy atom. The highest BCUT2D eigenvalue weighted by atomic mass is 32.2. The van der Waals surface area contributed by atoms with Gasteiger partial charge in [0.2, 0.25) is 11.7 Å². The molecular formula is C27H29N5O2S. The zero-order valence-electron chi connectivity index (χ0n) is 20.5. The van der Waals surface area contributed by atoms with Crippen LogP contribution in [0.2, 0.25) is 0 Å². The second-order valence-electron chi connectivity index (χ2n) is 9.32. The van der Waals surface area contributed by atoms with Crippen molar-refractivity contribution in [3.05, 3.63) is 75.6 Å². The molecule has 0 fully saturated rings. The Kier molecular flexibility index (Phi) is 6.01. The summed E-state index contributed by atoms with van der Waals surface area (Å²) in [6.45, 7) is 8.21. The molecular weight excluding hydrogens is 458 g/mol. The minimum absolute atomic E-state index is 0.0420. The minimum Gasteiger partial charge on any atom is -0.324 e. The number of anilines is 1. The zero-order valence-corrected chi connectivity index (χ0v) is 21.3. The molecule has 0 saturated heterocycles. The summed E-state index contributed by atoms with van der Waals surface area (Å²) in [6, 6.07) is 15.8. The smallest absolute Gasteiger partial charge is 0.265 e. The first-order valence-electron chi connectivity index (χ1n) is 12.0. The Labute approximate surface area is 208 Å². The lowest BCUT2D eigenvalue weighted by Gasteiger charge is -2.35. The van der Waals surface area contributed by atoms with E-state index in [4.69, 9.17) is 4.98 Å². The maximum absolute atomic E-state index is 14.0. The normalized spacial score (nSPS) is 16.7. The summed E-state index contributed by atoms with van der Waals surface area (Å²) in [6.07, 6.45) is 1.61. The fourth-order valence-electron chi connectivity index (χ4n) is 4.89. The quantitative estimate of drug-likeness (QED) is 0.394. The number of rotatable bonds is 6. The fraction of sp³-hybridized carbons (Fsp3) is 0.333. The highest BCUT2D eigenvalue weighted by molar-refractivity contribution is 7.99. The second kappa shape index (κ2) is 9.00. The van der Waals surface area contributed by atoms with Crippen LogP contribution in [-0.4, -0.2) is 30.8 Å². The first kappa shape index (κ1) is 23.4. The molecule has 0 radical (unpaired) electrons. The summed E-state index contributed by atoms with van der Waals surface area (Å²) in [4.78, 5) is 32.0. The highest BCUT2D eigenvalue weighted by Gasteiger charge is 2.38. The van der Waals surface area contributed by atoms with Gasteiger partial charge in [0.15, 0.2) is 5.16 Å². The van der Waals surface area contributed by atoms with E-state index < -0.39 is 0 Å². The molecule has 4 aromatic rings. The summed E-state index contributed by atoms with van der Waals surface area (Å²) in [5.74, 6) is 0.914. The number of hydrogen-bond donors (Lipinski definition) is 1. The summed E-state index contributed by atoms with van der Waals surface area (Å²) in [5.41, 5.74) is 4.98. The van der Waals surface area contributed by atoms with Crippen LogP contribution in [0.15, 0.2) is 58.5 Å². The molecule has 2 aromatic heterocycles. The summed E-state index contributed by atoms with van der Waals surface area (Å²) in [5, 5.41) is 8.15. The van der Waals surface area contributed by atoms with E-state index in [1.54, 1.807) is 9.08 Å². The predicted octanol–water partition coefficient (Wildman–Crippen LogP) is 4.84. The van der Waals surface area contributed by atoms with Gasteiger partial charge in [0.1, 0.15) is 6.54 Å². The Balaban J connectivity index is 1.67. The number of carbonyl (C=O) groups excluding carboxylic acids is 1. The Morgan fingerprint density at radius 1 is 1.17 bits per heavy atom. The van der Waals surface area contributed by atoms with Gasteiger partial charge in [-0.25, -0.2) is 14.1 Å². The van der Waals surface area contributed by atoms with Gasteiger partial charge in [-0.1, -0.05) is 68.9 Å². The van der Waals surface area contributed by atoms with E-state index in [2.05, 4.69) is 30.3 Å². The molecule has 0 spiro atoms. The molecule has 1 atom stereocenters. The first-order valence-corrected chi connectivity index (χ1v) is 12.9. The van der Waals surface area contributed by atoms with Gasteiger partial charge >= 0.3 is 0 Å². The van der Waals surface area contributed by atoms with Gasteiger partial charge in [-0.15, -0.1) is 5.10 Å². The standard InChI is InChI=1S/C27H29N5O2S/c1-5-27(4)15-18-11-7-8-13-20(18)23-22(27)24(34)32-25(29-23)31(30-26(32)35-6-2)16-21(33)28-19-12-9-10-17(3)14-19/h7-14H,5-6,15-16H2,1-4H3,(H,28,33)/t27-/m0/s1. The van der Waals surface area contributed by atoms with Gasteiger partial charge < -0.3 is 5.32 Å². The van der Waals surface area contributed by atoms with Gasteiger partial charge in [0.25, 0.3) is 5.56 Å². The molecule has 0 saturated carbocycles. The molecule has 0 unspecified atom stereocenters. The number of aryl methyl sites for hydroxylation is 1. The van der Waals surface area contributed by atoms with Crippen molar-refractivity contribution in [3.63, 3.8) is 0 Å². The molecule has 5 rings (SSSR count). The van der Waals surface area contributed by atoms with Crippen LogP contribution in [0.25, 0.3) is 17.0 Å². The van der Waals surface area contributed by atoms with Crippen molar-refractivity contribution in [2.45, 2.75) is 57.7 Å². The number of amides is 1. The lowest BCUT2D eigenvalue weighted by Crippen LogP contribution is -2.38. The Hall–Kier alpha value is -3.39. The van der Waals surface area contributed by atoms with E-state index in [0.29, 0.717) is 16.6 Å². The van der Waals surface area contributed by atoms with Gasteiger partial charge in [-0.2, -0.15) is 0 Å². The van der Waals surface area contributed by atoms with E-state index >= 15 is 0 Å². The second-order valence-corrected chi connectivity index (χ2v) is 10.5.